The molecule has 0 aromatic carbocycles. The number of nitrogen functional groups attached to an aromatic ring is 2. The van der Waals surface area contributed by atoms with Crippen molar-refractivity contribution in [3.05, 3.63) is 25.3 Å². The fourth-order valence-electron chi connectivity index (χ4n) is 4.79. The molecular weight excluding hydrogens is 483 g/mol. The first kappa shape index (κ1) is 23.1. The van der Waals surface area contributed by atoms with E-state index in [0.29, 0.717) is 35.9 Å². The van der Waals surface area contributed by atoms with E-state index >= 15 is 0 Å². The second-order valence-corrected chi connectivity index (χ2v) is 11.0. The summed E-state index contributed by atoms with van der Waals surface area (Å²) < 4.78 is 27.4. The van der Waals surface area contributed by atoms with Crippen LogP contribution in [0.4, 0.5) is 11.6 Å². The third-order valence-corrected chi connectivity index (χ3v) is 8.23. The highest BCUT2D eigenvalue weighted by atomic mass is 31.1. The normalized spacial score (nSPS) is 17.6. The molecule has 0 aliphatic heterocycles. The minimum atomic E-state index is -2.16. The molecule has 0 amide bonds. The van der Waals surface area contributed by atoms with Crippen molar-refractivity contribution in [2.45, 2.75) is 51.6 Å². The van der Waals surface area contributed by atoms with Gasteiger partial charge in [0.2, 0.25) is 0 Å². The van der Waals surface area contributed by atoms with Gasteiger partial charge >= 0.3 is 8.25 Å². The first-order valence-corrected chi connectivity index (χ1v) is 13.1. The van der Waals surface area contributed by atoms with Crippen LogP contribution in [0.3, 0.4) is 0 Å². The Labute approximate surface area is 207 Å². The number of fused-ring (bicyclic) bond motifs is 2. The van der Waals surface area contributed by atoms with Gasteiger partial charge in [0.1, 0.15) is 36.9 Å². The second kappa shape index (κ2) is 8.99. The van der Waals surface area contributed by atoms with Crippen LogP contribution in [0.1, 0.15) is 38.5 Å². The van der Waals surface area contributed by atoms with Crippen LogP contribution in [-0.4, -0.2) is 52.3 Å². The van der Waals surface area contributed by atoms with Gasteiger partial charge in [-0.1, -0.05) is 0 Å². The lowest BCUT2D eigenvalue weighted by molar-refractivity contribution is 0.190. The summed E-state index contributed by atoms with van der Waals surface area (Å²) in [6.45, 7) is 2.30. The van der Waals surface area contributed by atoms with E-state index in [2.05, 4.69) is 29.9 Å². The van der Waals surface area contributed by atoms with Gasteiger partial charge in [0.25, 0.3) is 0 Å². The molecule has 2 fully saturated rings. The Morgan fingerprint density at radius 2 is 1.19 bits per heavy atom. The third-order valence-electron chi connectivity index (χ3n) is 7.44. The van der Waals surface area contributed by atoms with Gasteiger partial charge in [-0.3, -0.25) is 0 Å². The van der Waals surface area contributed by atoms with E-state index in [4.69, 9.17) is 20.5 Å². The van der Waals surface area contributed by atoms with Crippen molar-refractivity contribution < 1.29 is 13.6 Å². The molecule has 0 unspecified atom stereocenters. The summed E-state index contributed by atoms with van der Waals surface area (Å²) in [7, 11) is -2.16. The van der Waals surface area contributed by atoms with Crippen LogP contribution in [0, 0.1) is 10.8 Å². The number of nitrogens with two attached hydrogens (primary N) is 2. The van der Waals surface area contributed by atoms with Crippen LogP contribution in [0.5, 0.6) is 0 Å². The summed E-state index contributed by atoms with van der Waals surface area (Å²) in [6, 6.07) is 0. The summed E-state index contributed by atoms with van der Waals surface area (Å²) in [5, 5.41) is 0. The lowest BCUT2D eigenvalue weighted by atomic mass is 10.0. The Kier molecular flexibility index (Phi) is 5.78. The molecule has 0 bridgehead atoms. The number of rotatable bonds is 12. The molecule has 4 N–H and O–H groups in total. The molecule has 13 nitrogen and oxygen atoms in total. The minimum Gasteiger partial charge on any atom is -0.382 e. The van der Waals surface area contributed by atoms with E-state index in [0.717, 1.165) is 62.9 Å². The maximum absolute atomic E-state index is 12.3. The van der Waals surface area contributed by atoms with Crippen molar-refractivity contribution in [2.24, 2.45) is 10.8 Å². The molecule has 4 heterocycles. The van der Waals surface area contributed by atoms with E-state index in [1.165, 1.54) is 12.7 Å². The molecule has 0 atom stereocenters. The molecule has 2 aliphatic carbocycles. The van der Waals surface area contributed by atoms with Crippen LogP contribution in [0.25, 0.3) is 22.3 Å². The smallest absolute Gasteiger partial charge is 0.382 e. The highest BCUT2D eigenvalue weighted by Crippen LogP contribution is 2.52. The van der Waals surface area contributed by atoms with E-state index < -0.39 is 8.25 Å². The van der Waals surface area contributed by atoms with Gasteiger partial charge in [0.05, 0.1) is 12.7 Å². The lowest BCUT2D eigenvalue weighted by Crippen LogP contribution is -2.14. The number of hydrogen-bond acceptors (Lipinski definition) is 11. The molecule has 36 heavy (non-hydrogen) atoms. The highest BCUT2D eigenvalue weighted by molar-refractivity contribution is 7.33. The summed E-state index contributed by atoms with van der Waals surface area (Å²) in [5.41, 5.74) is 14.7. The monoisotopic (exact) mass is 511 g/mol. The lowest BCUT2D eigenvalue weighted by Gasteiger charge is -2.15. The molecule has 4 aromatic rings. The molecular formula is C22H28N10O3P+. The fraction of sp³-hybridized carbons (Fsp3) is 0.545. The Morgan fingerprint density at radius 3 is 1.61 bits per heavy atom. The fourth-order valence-corrected chi connectivity index (χ4v) is 5.35. The van der Waals surface area contributed by atoms with E-state index in [-0.39, 0.29) is 10.8 Å². The molecule has 0 radical (unpaired) electrons. The van der Waals surface area contributed by atoms with Crippen LogP contribution in [-0.2, 0) is 26.7 Å². The van der Waals surface area contributed by atoms with Crippen molar-refractivity contribution >= 4 is 42.2 Å². The maximum atomic E-state index is 12.3. The minimum absolute atomic E-state index is 0.0993. The van der Waals surface area contributed by atoms with Crippen molar-refractivity contribution in [2.75, 3.05) is 24.7 Å². The van der Waals surface area contributed by atoms with Gasteiger partial charge in [-0.05, 0) is 49.4 Å². The number of anilines is 2. The van der Waals surface area contributed by atoms with E-state index in [1.54, 1.807) is 12.7 Å². The number of imidazole rings is 2. The van der Waals surface area contributed by atoms with Crippen molar-refractivity contribution in [3.8, 4) is 0 Å². The van der Waals surface area contributed by atoms with Gasteiger partial charge in [-0.25, -0.2) is 29.9 Å². The summed E-state index contributed by atoms with van der Waals surface area (Å²) in [5.74, 6) is 0.761. The summed E-state index contributed by atoms with van der Waals surface area (Å²) in [6.07, 6.45) is 12.3. The largest absolute Gasteiger partial charge is 0.697 e. The standard InChI is InChI=1S/C22H28N10O3P/c23-17-15-19(27-11-25-17)31(13-29-15)9-21(1-2-21)5-7-34-36(33)35-8-6-22(3-4-22)10-32-14-30-16-18(24)26-12-28-20(16)32/h11-14H,1-10H2,(H2,23,25,27)(H2,24,26,28)/q+1. The molecule has 2 saturated carbocycles. The summed E-state index contributed by atoms with van der Waals surface area (Å²) >= 11 is 0. The maximum Gasteiger partial charge on any atom is 0.697 e. The van der Waals surface area contributed by atoms with Gasteiger partial charge in [-0.15, -0.1) is 9.05 Å². The first-order chi connectivity index (χ1) is 17.5. The quantitative estimate of drug-likeness (QED) is 0.268. The summed E-state index contributed by atoms with van der Waals surface area (Å²) in [4.78, 5) is 25.3. The van der Waals surface area contributed by atoms with Gasteiger partial charge < -0.3 is 20.6 Å². The molecule has 6 rings (SSSR count). The van der Waals surface area contributed by atoms with E-state index in [9.17, 15) is 4.57 Å². The number of hydrogen-bond donors (Lipinski definition) is 2. The Bertz CT molecular complexity index is 1320. The van der Waals surface area contributed by atoms with Crippen molar-refractivity contribution in [1.29, 1.82) is 0 Å². The van der Waals surface area contributed by atoms with Crippen molar-refractivity contribution in [1.82, 2.24) is 39.0 Å². The zero-order valence-electron chi connectivity index (χ0n) is 19.8. The molecule has 0 saturated heterocycles. The number of aromatic nitrogens is 8. The average molecular weight is 512 g/mol. The van der Waals surface area contributed by atoms with Crippen LogP contribution in [0.15, 0.2) is 25.3 Å². The molecule has 0 spiro atoms. The zero-order chi connectivity index (χ0) is 24.8. The predicted octanol–water partition coefficient (Wildman–Crippen LogP) is 2.86. The average Bonchev–Trinajstić information content (AvgIpc) is 3.71. The molecule has 4 aromatic heterocycles. The van der Waals surface area contributed by atoms with Gasteiger partial charge in [-0.2, -0.15) is 0 Å². The molecule has 2 aliphatic rings. The third kappa shape index (κ3) is 4.61. The molecule has 188 valence electrons. The van der Waals surface area contributed by atoms with Crippen LogP contribution < -0.4 is 11.5 Å². The first-order valence-electron chi connectivity index (χ1n) is 12.0. The zero-order valence-corrected chi connectivity index (χ0v) is 20.7. The predicted molar refractivity (Wildman–Crippen MR) is 132 cm³/mol. The Morgan fingerprint density at radius 1 is 0.750 bits per heavy atom. The number of nitrogens with zero attached hydrogens (tertiary/aromatic N) is 8. The van der Waals surface area contributed by atoms with Crippen LogP contribution >= 0.6 is 8.25 Å². The highest BCUT2D eigenvalue weighted by Gasteiger charge is 2.45. The topological polar surface area (TPSA) is 175 Å². The Hall–Kier alpha value is -3.28. The van der Waals surface area contributed by atoms with Gasteiger partial charge in [0, 0.05) is 17.7 Å². The molecule has 14 heteroatoms. The van der Waals surface area contributed by atoms with Gasteiger partial charge in [0.15, 0.2) is 22.9 Å². The van der Waals surface area contributed by atoms with Crippen molar-refractivity contribution in [3.63, 3.8) is 0 Å². The SMILES string of the molecule is Nc1ncnc2c1ncn2CC1(CCO[P+](=O)OCCC2(Cn3cnc4c(N)ncnc43)CC2)CC1. The Balaban J connectivity index is 0.951. The van der Waals surface area contributed by atoms with Crippen LogP contribution in [0.2, 0.25) is 0 Å². The second-order valence-electron chi connectivity index (χ2n) is 10.00. The van der Waals surface area contributed by atoms with E-state index in [1.807, 2.05) is 9.13 Å².